The van der Waals surface area contributed by atoms with E-state index in [0.29, 0.717) is 5.69 Å². The standard InChI is InChI=1S/C14H20N6O7/c15-7(1-6-4-17-5-18-6)12(24)19-8(2-10(16)21)13(25)20-9(14(26)27)3-11(22)23/h4-5,7-9H,1-3,15H2,(H2,16,21)(H,17,18)(H,19,24)(H,20,25)(H,22,23)(H,26,27)/t7-,8-,9-/m0/s1. The van der Waals surface area contributed by atoms with Crippen LogP contribution in [0.25, 0.3) is 0 Å². The molecule has 9 N–H and O–H groups in total. The lowest BCUT2D eigenvalue weighted by molar-refractivity contribution is -0.147. The number of imidazole rings is 1. The van der Waals surface area contributed by atoms with Crippen LogP contribution in [-0.2, 0) is 30.4 Å². The van der Waals surface area contributed by atoms with Crippen LogP contribution in [0.4, 0.5) is 0 Å². The maximum Gasteiger partial charge on any atom is 0.326 e. The molecule has 0 radical (unpaired) electrons. The van der Waals surface area contributed by atoms with Crippen molar-refractivity contribution in [2.24, 2.45) is 11.5 Å². The minimum absolute atomic E-state index is 0.0630. The number of amides is 3. The van der Waals surface area contributed by atoms with Gasteiger partial charge in [-0.2, -0.15) is 0 Å². The third-order valence-electron chi connectivity index (χ3n) is 3.36. The minimum atomic E-state index is -1.75. The number of nitrogens with one attached hydrogen (secondary N) is 3. The van der Waals surface area contributed by atoms with Gasteiger partial charge in [0.25, 0.3) is 0 Å². The largest absolute Gasteiger partial charge is 0.481 e. The third kappa shape index (κ3) is 7.52. The Hall–Kier alpha value is -3.48. The van der Waals surface area contributed by atoms with E-state index in [9.17, 15) is 24.0 Å². The zero-order valence-electron chi connectivity index (χ0n) is 14.0. The summed E-state index contributed by atoms with van der Waals surface area (Å²) in [6.07, 6.45) is 1.38. The number of hydrogen-bond donors (Lipinski definition) is 7. The number of hydrogen-bond acceptors (Lipinski definition) is 7. The molecule has 0 fully saturated rings. The average Bonchev–Trinajstić information content (AvgIpc) is 3.05. The number of carboxylic acids is 2. The van der Waals surface area contributed by atoms with E-state index >= 15 is 0 Å². The summed E-state index contributed by atoms with van der Waals surface area (Å²) in [7, 11) is 0. The van der Waals surface area contributed by atoms with Crippen molar-refractivity contribution in [3.63, 3.8) is 0 Å². The Morgan fingerprint density at radius 3 is 2.19 bits per heavy atom. The van der Waals surface area contributed by atoms with E-state index in [4.69, 9.17) is 21.7 Å². The SMILES string of the molecule is NC(=O)C[C@H](NC(=O)[C@@H](N)Cc1cnc[nH]1)C(=O)N[C@@H](CC(=O)O)C(=O)O. The molecule has 0 saturated carbocycles. The van der Waals surface area contributed by atoms with Crippen molar-refractivity contribution >= 4 is 29.7 Å². The molecule has 0 aromatic carbocycles. The quantitative estimate of drug-likeness (QED) is 0.202. The van der Waals surface area contributed by atoms with Crippen LogP contribution < -0.4 is 22.1 Å². The Kier molecular flexibility index (Phi) is 7.88. The zero-order valence-corrected chi connectivity index (χ0v) is 14.0. The summed E-state index contributed by atoms with van der Waals surface area (Å²) in [5.74, 6) is -5.87. The van der Waals surface area contributed by atoms with E-state index in [1.54, 1.807) is 0 Å². The van der Waals surface area contributed by atoms with Gasteiger partial charge < -0.3 is 37.3 Å². The fourth-order valence-corrected chi connectivity index (χ4v) is 2.06. The number of carbonyl (C=O) groups excluding carboxylic acids is 3. The van der Waals surface area contributed by atoms with Crippen LogP contribution in [0.3, 0.4) is 0 Å². The number of carboxylic acid groups (broad SMARTS) is 2. The highest BCUT2D eigenvalue weighted by atomic mass is 16.4. The van der Waals surface area contributed by atoms with Crippen LogP contribution in [0.5, 0.6) is 0 Å². The normalized spacial score (nSPS) is 13.8. The Morgan fingerprint density at radius 1 is 1.07 bits per heavy atom. The van der Waals surface area contributed by atoms with Crippen LogP contribution in [0.15, 0.2) is 12.5 Å². The van der Waals surface area contributed by atoms with Crippen LogP contribution in [0.2, 0.25) is 0 Å². The number of nitrogens with zero attached hydrogens (tertiary/aromatic N) is 1. The molecule has 0 saturated heterocycles. The second kappa shape index (κ2) is 9.86. The number of primary amides is 1. The van der Waals surface area contributed by atoms with Crippen LogP contribution in [0.1, 0.15) is 18.5 Å². The van der Waals surface area contributed by atoms with E-state index in [1.807, 2.05) is 5.32 Å². The van der Waals surface area contributed by atoms with Gasteiger partial charge in [-0.05, 0) is 0 Å². The van der Waals surface area contributed by atoms with Crippen LogP contribution in [-0.4, -0.2) is 68.0 Å². The number of aliphatic carboxylic acids is 2. The molecule has 1 heterocycles. The van der Waals surface area contributed by atoms with Gasteiger partial charge in [-0.1, -0.05) is 0 Å². The first-order chi connectivity index (χ1) is 12.6. The predicted octanol–water partition coefficient (Wildman–Crippen LogP) is -3.32. The summed E-state index contributed by atoms with van der Waals surface area (Å²) in [4.78, 5) is 63.7. The molecule has 27 heavy (non-hydrogen) atoms. The predicted molar refractivity (Wildman–Crippen MR) is 87.8 cm³/mol. The Morgan fingerprint density at radius 2 is 1.70 bits per heavy atom. The number of aromatic nitrogens is 2. The second-order valence-corrected chi connectivity index (χ2v) is 5.62. The zero-order chi connectivity index (χ0) is 20.6. The highest BCUT2D eigenvalue weighted by Crippen LogP contribution is 2.01. The molecular formula is C14H20N6O7. The maximum atomic E-state index is 12.2. The van der Waals surface area contributed by atoms with Crippen molar-refractivity contribution in [2.75, 3.05) is 0 Å². The molecule has 0 unspecified atom stereocenters. The highest BCUT2D eigenvalue weighted by molar-refractivity contribution is 5.95. The maximum absolute atomic E-state index is 12.2. The van der Waals surface area contributed by atoms with Crippen molar-refractivity contribution < 1.29 is 34.2 Å². The lowest BCUT2D eigenvalue weighted by Gasteiger charge is -2.21. The van der Waals surface area contributed by atoms with Gasteiger partial charge in [0, 0.05) is 18.3 Å². The van der Waals surface area contributed by atoms with E-state index in [1.165, 1.54) is 12.5 Å². The topological polar surface area (TPSA) is 231 Å². The molecule has 3 atom stereocenters. The van der Waals surface area contributed by atoms with Gasteiger partial charge in [0.15, 0.2) is 0 Å². The summed E-state index contributed by atoms with van der Waals surface area (Å²) in [5, 5.41) is 21.8. The van der Waals surface area contributed by atoms with E-state index < -0.39 is 60.6 Å². The van der Waals surface area contributed by atoms with E-state index in [2.05, 4.69) is 15.3 Å². The molecule has 0 aliphatic carbocycles. The molecule has 0 spiro atoms. The summed E-state index contributed by atoms with van der Waals surface area (Å²) in [5.41, 5.74) is 11.3. The summed E-state index contributed by atoms with van der Waals surface area (Å²) in [6, 6.07) is -4.36. The molecule has 3 amide bonds. The first-order valence-electron chi connectivity index (χ1n) is 7.66. The van der Waals surface area contributed by atoms with Crippen molar-refractivity contribution in [3.05, 3.63) is 18.2 Å². The lowest BCUT2D eigenvalue weighted by Crippen LogP contribution is -2.56. The van der Waals surface area contributed by atoms with Crippen LogP contribution in [0, 0.1) is 0 Å². The van der Waals surface area contributed by atoms with Crippen LogP contribution >= 0.6 is 0 Å². The molecule has 13 nitrogen and oxygen atoms in total. The van der Waals surface area contributed by atoms with Crippen molar-refractivity contribution in [2.45, 2.75) is 37.4 Å². The van der Waals surface area contributed by atoms with Crippen molar-refractivity contribution in [3.8, 4) is 0 Å². The molecule has 0 bridgehead atoms. The van der Waals surface area contributed by atoms with Gasteiger partial charge in [0.1, 0.15) is 12.1 Å². The highest BCUT2D eigenvalue weighted by Gasteiger charge is 2.30. The molecule has 148 valence electrons. The number of rotatable bonds is 11. The molecule has 13 heteroatoms. The second-order valence-electron chi connectivity index (χ2n) is 5.62. The first kappa shape index (κ1) is 21.6. The molecule has 0 aliphatic heterocycles. The van der Waals surface area contributed by atoms with E-state index in [0.717, 1.165) is 0 Å². The van der Waals surface area contributed by atoms with Gasteiger partial charge in [-0.3, -0.25) is 19.2 Å². The minimum Gasteiger partial charge on any atom is -0.481 e. The molecular weight excluding hydrogens is 364 g/mol. The van der Waals surface area contributed by atoms with Crippen molar-refractivity contribution in [1.82, 2.24) is 20.6 Å². The summed E-state index contributed by atoms with van der Waals surface area (Å²) < 4.78 is 0. The average molecular weight is 384 g/mol. The van der Waals surface area contributed by atoms with Gasteiger partial charge in [0.2, 0.25) is 17.7 Å². The van der Waals surface area contributed by atoms with Gasteiger partial charge in [-0.15, -0.1) is 0 Å². The first-order valence-corrected chi connectivity index (χ1v) is 7.66. The monoisotopic (exact) mass is 384 g/mol. The molecule has 1 aromatic heterocycles. The van der Waals surface area contributed by atoms with Gasteiger partial charge in [0.05, 0.1) is 25.2 Å². The van der Waals surface area contributed by atoms with Gasteiger partial charge >= 0.3 is 11.9 Å². The molecule has 1 rings (SSSR count). The van der Waals surface area contributed by atoms with Crippen molar-refractivity contribution in [1.29, 1.82) is 0 Å². The summed E-state index contributed by atoms with van der Waals surface area (Å²) in [6.45, 7) is 0. The Balaban J connectivity index is 2.79. The third-order valence-corrected chi connectivity index (χ3v) is 3.36. The summed E-state index contributed by atoms with van der Waals surface area (Å²) >= 11 is 0. The number of carbonyl (C=O) groups is 5. The fourth-order valence-electron chi connectivity index (χ4n) is 2.06. The lowest BCUT2D eigenvalue weighted by atomic mass is 10.1. The molecule has 1 aromatic rings. The number of nitrogens with two attached hydrogens (primary N) is 2. The number of aromatic amines is 1. The fraction of sp³-hybridized carbons (Fsp3) is 0.429. The number of H-pyrrole nitrogens is 1. The Bertz CT molecular complexity index is 705. The smallest absolute Gasteiger partial charge is 0.326 e. The Labute approximate surface area is 152 Å². The van der Waals surface area contributed by atoms with E-state index in [-0.39, 0.29) is 6.42 Å². The molecule has 0 aliphatic rings. The van der Waals surface area contributed by atoms with Gasteiger partial charge in [-0.25, -0.2) is 9.78 Å².